The van der Waals surface area contributed by atoms with E-state index in [9.17, 15) is 4.39 Å². The molecule has 0 radical (unpaired) electrons. The smallest absolute Gasteiger partial charge is 0.170 e. The highest BCUT2D eigenvalue weighted by atomic mass is 79.9. The third-order valence-electron chi connectivity index (χ3n) is 2.89. The summed E-state index contributed by atoms with van der Waals surface area (Å²) in [6.45, 7) is 0.343. The van der Waals surface area contributed by atoms with E-state index in [2.05, 4.69) is 21.2 Å². The monoisotopic (exact) mass is 339 g/mol. The van der Waals surface area contributed by atoms with Crippen LogP contribution in [0.25, 0.3) is 0 Å². The van der Waals surface area contributed by atoms with Crippen molar-refractivity contribution in [1.82, 2.24) is 0 Å². The van der Waals surface area contributed by atoms with Crippen LogP contribution in [0.2, 0.25) is 0 Å². The first-order valence-corrected chi connectivity index (χ1v) is 6.83. The molecular weight excluding hydrogens is 325 g/mol. The average Bonchev–Trinajstić information content (AvgIpc) is 2.46. The van der Waals surface area contributed by atoms with Gasteiger partial charge in [-0.15, -0.1) is 0 Å². The van der Waals surface area contributed by atoms with Crippen LogP contribution in [0.5, 0.6) is 11.5 Å². The molecule has 0 unspecified atom stereocenters. The van der Waals surface area contributed by atoms with Crippen molar-refractivity contribution < 1.29 is 13.9 Å². The van der Waals surface area contributed by atoms with E-state index in [4.69, 9.17) is 9.47 Å². The maximum absolute atomic E-state index is 14.0. The van der Waals surface area contributed by atoms with Gasteiger partial charge in [0.1, 0.15) is 5.75 Å². The Labute approximate surface area is 125 Å². The molecule has 0 aliphatic rings. The van der Waals surface area contributed by atoms with Crippen molar-refractivity contribution in [1.29, 1.82) is 0 Å². The Morgan fingerprint density at radius 2 is 1.85 bits per heavy atom. The first-order chi connectivity index (χ1) is 9.65. The Morgan fingerprint density at radius 1 is 1.10 bits per heavy atom. The molecule has 0 bridgehead atoms. The summed E-state index contributed by atoms with van der Waals surface area (Å²) in [6.07, 6.45) is 0. The number of hydrogen-bond acceptors (Lipinski definition) is 3. The fourth-order valence-corrected chi connectivity index (χ4v) is 2.22. The summed E-state index contributed by atoms with van der Waals surface area (Å²) < 4.78 is 25.2. The highest BCUT2D eigenvalue weighted by molar-refractivity contribution is 9.10. The topological polar surface area (TPSA) is 30.5 Å². The normalized spacial score (nSPS) is 10.2. The van der Waals surface area contributed by atoms with Gasteiger partial charge in [-0.1, -0.05) is 28.1 Å². The summed E-state index contributed by atoms with van der Waals surface area (Å²) in [5.74, 6) is 0.596. The van der Waals surface area contributed by atoms with Gasteiger partial charge in [-0.25, -0.2) is 4.39 Å². The van der Waals surface area contributed by atoms with Gasteiger partial charge in [-0.3, -0.25) is 0 Å². The lowest BCUT2D eigenvalue weighted by Crippen LogP contribution is -2.04. The molecule has 1 N–H and O–H groups in total. The minimum atomic E-state index is -0.350. The fraction of sp³-hybridized carbons (Fsp3) is 0.200. The Hall–Kier alpha value is -1.75. The third-order valence-corrected chi connectivity index (χ3v) is 3.39. The summed E-state index contributed by atoms with van der Waals surface area (Å²) in [7, 11) is 3.05. The van der Waals surface area contributed by atoms with E-state index < -0.39 is 0 Å². The van der Waals surface area contributed by atoms with Crippen molar-refractivity contribution in [2.75, 3.05) is 19.5 Å². The van der Waals surface area contributed by atoms with Crippen LogP contribution in [0, 0.1) is 5.82 Å². The summed E-state index contributed by atoms with van der Waals surface area (Å²) >= 11 is 3.40. The van der Waals surface area contributed by atoms with Crippen LogP contribution in [-0.2, 0) is 6.54 Å². The second kappa shape index (κ2) is 6.61. The van der Waals surface area contributed by atoms with Gasteiger partial charge in [0.2, 0.25) is 0 Å². The lowest BCUT2D eigenvalue weighted by molar-refractivity contribution is 0.384. The summed E-state index contributed by atoms with van der Waals surface area (Å²) in [4.78, 5) is 0. The zero-order valence-electron chi connectivity index (χ0n) is 11.2. The van der Waals surface area contributed by atoms with E-state index in [-0.39, 0.29) is 11.6 Å². The van der Waals surface area contributed by atoms with Gasteiger partial charge in [-0.05, 0) is 24.3 Å². The SMILES string of the molecule is COc1ccc(Br)cc1NCc1cccc(OC)c1F. The second-order valence-corrected chi connectivity index (χ2v) is 5.05. The largest absolute Gasteiger partial charge is 0.495 e. The number of nitrogens with one attached hydrogen (secondary N) is 1. The predicted octanol–water partition coefficient (Wildman–Crippen LogP) is 4.22. The lowest BCUT2D eigenvalue weighted by atomic mass is 10.2. The number of hydrogen-bond donors (Lipinski definition) is 1. The van der Waals surface area contributed by atoms with Gasteiger partial charge in [0, 0.05) is 16.6 Å². The van der Waals surface area contributed by atoms with Crippen molar-refractivity contribution in [2.45, 2.75) is 6.54 Å². The summed E-state index contributed by atoms with van der Waals surface area (Å²) in [6, 6.07) is 10.7. The number of rotatable bonds is 5. The molecule has 0 aromatic heterocycles. The number of anilines is 1. The average molecular weight is 340 g/mol. The van der Waals surface area contributed by atoms with Crippen molar-refractivity contribution in [2.24, 2.45) is 0 Å². The molecule has 2 rings (SSSR count). The van der Waals surface area contributed by atoms with Crippen molar-refractivity contribution >= 4 is 21.6 Å². The van der Waals surface area contributed by atoms with Crippen molar-refractivity contribution in [3.8, 4) is 11.5 Å². The van der Waals surface area contributed by atoms with Crippen LogP contribution in [0.15, 0.2) is 40.9 Å². The molecule has 0 atom stereocenters. The fourth-order valence-electron chi connectivity index (χ4n) is 1.86. The zero-order chi connectivity index (χ0) is 14.5. The Balaban J connectivity index is 2.19. The molecule has 3 nitrogen and oxygen atoms in total. The quantitative estimate of drug-likeness (QED) is 0.884. The van der Waals surface area contributed by atoms with E-state index in [1.165, 1.54) is 7.11 Å². The highest BCUT2D eigenvalue weighted by Crippen LogP contribution is 2.29. The van der Waals surface area contributed by atoms with Gasteiger partial charge in [0.25, 0.3) is 0 Å². The lowest BCUT2D eigenvalue weighted by Gasteiger charge is -2.13. The number of ether oxygens (including phenoxy) is 2. The van der Waals surface area contributed by atoms with Crippen LogP contribution >= 0.6 is 15.9 Å². The highest BCUT2D eigenvalue weighted by Gasteiger charge is 2.09. The van der Waals surface area contributed by atoms with E-state index >= 15 is 0 Å². The Kier molecular flexibility index (Phi) is 4.84. The van der Waals surface area contributed by atoms with Crippen molar-refractivity contribution in [3.63, 3.8) is 0 Å². The number of benzene rings is 2. The van der Waals surface area contributed by atoms with E-state index in [0.717, 1.165) is 10.2 Å². The van der Waals surface area contributed by atoms with Crippen LogP contribution in [-0.4, -0.2) is 14.2 Å². The molecule has 0 spiro atoms. The molecule has 2 aromatic rings. The molecule has 0 saturated carbocycles. The molecule has 106 valence electrons. The maximum atomic E-state index is 14.0. The Bertz CT molecular complexity index is 604. The van der Waals surface area contributed by atoms with Gasteiger partial charge in [-0.2, -0.15) is 0 Å². The number of methoxy groups -OCH3 is 2. The molecule has 0 aliphatic carbocycles. The minimum absolute atomic E-state index is 0.241. The second-order valence-electron chi connectivity index (χ2n) is 4.13. The molecule has 0 fully saturated rings. The van der Waals surface area contributed by atoms with Crippen LogP contribution in [0.4, 0.5) is 10.1 Å². The minimum Gasteiger partial charge on any atom is -0.495 e. The van der Waals surface area contributed by atoms with Gasteiger partial charge < -0.3 is 14.8 Å². The van der Waals surface area contributed by atoms with Gasteiger partial charge >= 0.3 is 0 Å². The third kappa shape index (κ3) is 3.22. The molecule has 0 amide bonds. The molecule has 0 heterocycles. The molecule has 0 aliphatic heterocycles. The summed E-state index contributed by atoms with van der Waals surface area (Å²) in [5.41, 5.74) is 1.33. The van der Waals surface area contributed by atoms with E-state index in [1.807, 2.05) is 18.2 Å². The van der Waals surface area contributed by atoms with Crippen molar-refractivity contribution in [3.05, 3.63) is 52.3 Å². The predicted molar refractivity (Wildman–Crippen MR) is 81.0 cm³/mol. The number of halogens is 2. The summed E-state index contributed by atoms with van der Waals surface area (Å²) in [5, 5.41) is 3.16. The molecule has 5 heteroatoms. The first kappa shape index (κ1) is 14.7. The first-order valence-electron chi connectivity index (χ1n) is 6.04. The van der Waals surface area contributed by atoms with Crippen LogP contribution < -0.4 is 14.8 Å². The van der Waals surface area contributed by atoms with Gasteiger partial charge in [0.05, 0.1) is 19.9 Å². The van der Waals surface area contributed by atoms with Crippen LogP contribution in [0.1, 0.15) is 5.56 Å². The zero-order valence-corrected chi connectivity index (χ0v) is 12.8. The molecular formula is C15H15BrFNO2. The van der Waals surface area contributed by atoms with Crippen LogP contribution in [0.3, 0.4) is 0 Å². The molecule has 2 aromatic carbocycles. The van der Waals surface area contributed by atoms with Gasteiger partial charge in [0.15, 0.2) is 11.6 Å². The molecule has 20 heavy (non-hydrogen) atoms. The Morgan fingerprint density at radius 3 is 2.55 bits per heavy atom. The van der Waals surface area contributed by atoms with E-state index in [0.29, 0.717) is 17.9 Å². The molecule has 0 saturated heterocycles. The van der Waals surface area contributed by atoms with E-state index in [1.54, 1.807) is 25.3 Å². The standard InChI is InChI=1S/C15H15BrFNO2/c1-19-13-7-6-11(16)8-12(13)18-9-10-4-3-5-14(20-2)15(10)17/h3-8,18H,9H2,1-2H3. The maximum Gasteiger partial charge on any atom is 0.170 e.